The second-order valence-corrected chi connectivity index (χ2v) is 6.76. The fourth-order valence-corrected chi connectivity index (χ4v) is 4.07. The van der Waals surface area contributed by atoms with Crippen LogP contribution in [-0.2, 0) is 21.2 Å². The molecule has 2 aromatic rings. The van der Waals surface area contributed by atoms with E-state index in [0.717, 1.165) is 16.9 Å². The van der Waals surface area contributed by atoms with Gasteiger partial charge in [-0.2, -0.15) is 0 Å². The molecule has 0 aliphatic carbocycles. The van der Waals surface area contributed by atoms with E-state index in [4.69, 9.17) is 0 Å². The predicted octanol–water partition coefficient (Wildman–Crippen LogP) is 1.45. The van der Waals surface area contributed by atoms with E-state index in [-0.39, 0.29) is 16.3 Å². The van der Waals surface area contributed by atoms with Gasteiger partial charge in [0.25, 0.3) is 0 Å². The Hall–Kier alpha value is -1.77. The van der Waals surface area contributed by atoms with Gasteiger partial charge in [-0.25, -0.2) is 17.9 Å². The van der Waals surface area contributed by atoms with Gasteiger partial charge in [0.15, 0.2) is 0 Å². The van der Waals surface area contributed by atoms with Crippen LogP contribution in [0.2, 0.25) is 0 Å². The summed E-state index contributed by atoms with van der Waals surface area (Å²) < 4.78 is 31.5. The summed E-state index contributed by atoms with van der Waals surface area (Å²) in [5, 5.41) is 1.55. The Labute approximate surface area is 126 Å². The SMILES string of the molecule is COC(=O)c1sccc1S(=O)(=O)NCCc1ccncc1. The Morgan fingerprint density at radius 2 is 2.05 bits per heavy atom. The minimum atomic E-state index is -3.73. The number of hydrogen-bond donors (Lipinski definition) is 1. The molecule has 0 radical (unpaired) electrons. The van der Waals surface area contributed by atoms with Crippen LogP contribution < -0.4 is 4.72 Å². The molecule has 0 saturated carbocycles. The lowest BCUT2D eigenvalue weighted by molar-refractivity contribution is 0.0602. The molecule has 0 aliphatic heterocycles. The molecular formula is C13H14N2O4S2. The van der Waals surface area contributed by atoms with Crippen molar-refractivity contribution in [1.82, 2.24) is 9.71 Å². The molecule has 0 aliphatic rings. The maximum Gasteiger partial charge on any atom is 0.349 e. The van der Waals surface area contributed by atoms with Gasteiger partial charge in [-0.1, -0.05) is 0 Å². The molecule has 2 heterocycles. The average Bonchev–Trinajstić information content (AvgIpc) is 2.98. The van der Waals surface area contributed by atoms with Crippen LogP contribution in [0.4, 0.5) is 0 Å². The number of esters is 1. The third kappa shape index (κ3) is 3.87. The van der Waals surface area contributed by atoms with Crippen LogP contribution in [-0.4, -0.2) is 33.0 Å². The number of methoxy groups -OCH3 is 1. The summed E-state index contributed by atoms with van der Waals surface area (Å²) in [5.74, 6) is -0.653. The van der Waals surface area contributed by atoms with Crippen LogP contribution in [0.1, 0.15) is 15.2 Å². The fraction of sp³-hybridized carbons (Fsp3) is 0.231. The maximum absolute atomic E-state index is 12.2. The third-order valence-corrected chi connectivity index (χ3v) is 5.27. The lowest BCUT2D eigenvalue weighted by atomic mass is 10.2. The van der Waals surface area contributed by atoms with Crippen LogP contribution in [0.3, 0.4) is 0 Å². The summed E-state index contributed by atoms with van der Waals surface area (Å²) in [5.41, 5.74) is 0.978. The number of ether oxygens (including phenoxy) is 1. The molecule has 6 nitrogen and oxygen atoms in total. The molecule has 112 valence electrons. The summed E-state index contributed by atoms with van der Waals surface area (Å²) >= 11 is 1.04. The number of nitrogens with zero attached hydrogens (tertiary/aromatic N) is 1. The zero-order chi connectivity index (χ0) is 15.3. The van der Waals surface area contributed by atoms with E-state index in [0.29, 0.717) is 6.42 Å². The van der Waals surface area contributed by atoms with Crippen LogP contribution in [0.5, 0.6) is 0 Å². The van der Waals surface area contributed by atoms with Gasteiger partial charge in [-0.3, -0.25) is 4.98 Å². The molecule has 0 spiro atoms. The minimum Gasteiger partial charge on any atom is -0.465 e. The Balaban J connectivity index is 2.06. The number of nitrogens with one attached hydrogen (secondary N) is 1. The molecule has 0 atom stereocenters. The van der Waals surface area contributed by atoms with Crippen molar-refractivity contribution in [3.8, 4) is 0 Å². The lowest BCUT2D eigenvalue weighted by Gasteiger charge is -2.07. The van der Waals surface area contributed by atoms with Crippen LogP contribution in [0.15, 0.2) is 40.9 Å². The summed E-state index contributed by atoms with van der Waals surface area (Å²) in [6.07, 6.45) is 3.84. The van der Waals surface area contributed by atoms with Crippen molar-refractivity contribution >= 4 is 27.3 Å². The van der Waals surface area contributed by atoms with Crippen LogP contribution in [0.25, 0.3) is 0 Å². The van der Waals surface area contributed by atoms with Crippen molar-refractivity contribution in [3.63, 3.8) is 0 Å². The van der Waals surface area contributed by atoms with E-state index in [2.05, 4.69) is 14.4 Å². The minimum absolute atomic E-state index is 0.0471. The first-order valence-electron chi connectivity index (χ1n) is 6.09. The molecule has 0 aromatic carbocycles. The smallest absolute Gasteiger partial charge is 0.349 e. The number of hydrogen-bond acceptors (Lipinski definition) is 6. The number of thiophene rings is 1. The van der Waals surface area contributed by atoms with Gasteiger partial charge in [0.1, 0.15) is 9.77 Å². The maximum atomic E-state index is 12.2. The monoisotopic (exact) mass is 326 g/mol. The van der Waals surface area contributed by atoms with E-state index in [9.17, 15) is 13.2 Å². The van der Waals surface area contributed by atoms with Crippen molar-refractivity contribution < 1.29 is 17.9 Å². The van der Waals surface area contributed by atoms with Gasteiger partial charge in [-0.15, -0.1) is 11.3 Å². The van der Waals surface area contributed by atoms with Gasteiger partial charge >= 0.3 is 5.97 Å². The summed E-state index contributed by atoms with van der Waals surface area (Å²) in [6.45, 7) is 0.239. The van der Waals surface area contributed by atoms with Crippen molar-refractivity contribution in [2.45, 2.75) is 11.3 Å². The first kappa shape index (κ1) is 15.6. The van der Waals surface area contributed by atoms with Gasteiger partial charge in [0.05, 0.1) is 7.11 Å². The van der Waals surface area contributed by atoms with E-state index in [1.54, 1.807) is 17.8 Å². The Morgan fingerprint density at radius 3 is 2.71 bits per heavy atom. The highest BCUT2D eigenvalue weighted by Gasteiger charge is 2.24. The normalized spacial score (nSPS) is 11.3. The van der Waals surface area contributed by atoms with Crippen LogP contribution in [0, 0.1) is 0 Å². The Kier molecular flexibility index (Phi) is 5.05. The molecular weight excluding hydrogens is 312 g/mol. The Morgan fingerprint density at radius 1 is 1.33 bits per heavy atom. The summed E-state index contributed by atoms with van der Waals surface area (Å²) in [6, 6.07) is 5.03. The second kappa shape index (κ2) is 6.79. The summed E-state index contributed by atoms with van der Waals surface area (Å²) in [4.78, 5) is 15.5. The fourth-order valence-electron chi connectivity index (χ4n) is 1.71. The highest BCUT2D eigenvalue weighted by Crippen LogP contribution is 2.22. The quantitative estimate of drug-likeness (QED) is 0.812. The number of carbonyl (C=O) groups is 1. The molecule has 0 saturated heterocycles. The first-order chi connectivity index (χ1) is 10.0. The standard InChI is InChI=1S/C13H14N2O4S2/c1-19-13(16)12-11(5-9-20-12)21(17,18)15-8-4-10-2-6-14-7-3-10/h2-3,5-7,9,15H,4,8H2,1H3. The molecule has 1 N–H and O–H groups in total. The van der Waals surface area contributed by atoms with E-state index in [1.807, 2.05) is 12.1 Å². The topological polar surface area (TPSA) is 85.4 Å². The number of pyridine rings is 1. The molecule has 21 heavy (non-hydrogen) atoms. The molecule has 0 bridgehead atoms. The summed E-state index contributed by atoms with van der Waals surface area (Å²) in [7, 11) is -2.51. The predicted molar refractivity (Wildman–Crippen MR) is 78.8 cm³/mol. The zero-order valence-corrected chi connectivity index (χ0v) is 12.9. The van der Waals surface area contributed by atoms with Crippen LogP contribution >= 0.6 is 11.3 Å². The molecule has 8 heteroatoms. The van der Waals surface area contributed by atoms with E-state index < -0.39 is 16.0 Å². The third-order valence-electron chi connectivity index (χ3n) is 2.74. The number of rotatable bonds is 6. The Bertz CT molecular complexity index is 711. The van der Waals surface area contributed by atoms with E-state index in [1.165, 1.54) is 13.2 Å². The first-order valence-corrected chi connectivity index (χ1v) is 8.45. The highest BCUT2D eigenvalue weighted by molar-refractivity contribution is 7.89. The van der Waals surface area contributed by atoms with Gasteiger partial charge in [0, 0.05) is 18.9 Å². The van der Waals surface area contributed by atoms with Gasteiger partial charge in [0.2, 0.25) is 10.0 Å². The van der Waals surface area contributed by atoms with Gasteiger partial charge in [-0.05, 0) is 35.6 Å². The number of carbonyl (C=O) groups excluding carboxylic acids is 1. The van der Waals surface area contributed by atoms with Crippen molar-refractivity contribution in [1.29, 1.82) is 0 Å². The number of sulfonamides is 1. The molecule has 0 fully saturated rings. The van der Waals surface area contributed by atoms with E-state index >= 15 is 0 Å². The average molecular weight is 326 g/mol. The largest absolute Gasteiger partial charge is 0.465 e. The zero-order valence-electron chi connectivity index (χ0n) is 11.3. The molecule has 0 amide bonds. The molecule has 2 aromatic heterocycles. The van der Waals surface area contributed by atoms with Gasteiger partial charge < -0.3 is 4.74 Å². The van der Waals surface area contributed by atoms with Crippen molar-refractivity contribution in [3.05, 3.63) is 46.4 Å². The van der Waals surface area contributed by atoms with Crippen molar-refractivity contribution in [2.24, 2.45) is 0 Å². The molecule has 0 unspecified atom stereocenters. The lowest BCUT2D eigenvalue weighted by Crippen LogP contribution is -2.27. The van der Waals surface area contributed by atoms with Crippen molar-refractivity contribution in [2.75, 3.05) is 13.7 Å². The highest BCUT2D eigenvalue weighted by atomic mass is 32.2. The second-order valence-electron chi connectivity index (χ2n) is 4.11. The number of aromatic nitrogens is 1. The molecule has 2 rings (SSSR count).